The van der Waals surface area contributed by atoms with E-state index in [-0.39, 0.29) is 0 Å². The Morgan fingerprint density at radius 3 is 3.12 bits per heavy atom. The summed E-state index contributed by atoms with van der Waals surface area (Å²) in [5.41, 5.74) is 0. The highest BCUT2D eigenvalue weighted by atomic mass is 32.2. The van der Waals surface area contributed by atoms with Gasteiger partial charge in [-0.05, 0) is 17.4 Å². The molecule has 0 spiro atoms. The highest BCUT2D eigenvalue weighted by Gasteiger charge is 2.04. The quantitative estimate of drug-likeness (QED) is 0.401. The predicted molar refractivity (Wildman–Crippen MR) is 66.7 cm³/mol. The molecule has 0 aliphatic carbocycles. The van der Waals surface area contributed by atoms with Gasteiger partial charge in [0.1, 0.15) is 0 Å². The van der Waals surface area contributed by atoms with Crippen LogP contribution in [-0.2, 0) is 11.3 Å². The van der Waals surface area contributed by atoms with Crippen molar-refractivity contribution in [2.24, 2.45) is 0 Å². The van der Waals surface area contributed by atoms with Crippen molar-refractivity contribution in [1.29, 1.82) is 0 Å². The Kier molecular flexibility index (Phi) is 7.38. The number of hydrogen-bond acceptors (Lipinski definition) is 6. The third kappa shape index (κ3) is 5.68. The molecule has 17 heavy (non-hydrogen) atoms. The van der Waals surface area contributed by atoms with E-state index >= 15 is 0 Å². The van der Waals surface area contributed by atoms with Crippen molar-refractivity contribution in [3.05, 3.63) is 0 Å². The van der Waals surface area contributed by atoms with Gasteiger partial charge in [-0.3, -0.25) is 0 Å². The predicted octanol–water partition coefficient (Wildman–Crippen LogP) is 0.0245. The summed E-state index contributed by atoms with van der Waals surface area (Å²) in [4.78, 5) is 0. The molecule has 1 aromatic heterocycles. The summed E-state index contributed by atoms with van der Waals surface area (Å²) in [6.07, 6.45) is 0. The molecule has 0 atom stereocenters. The van der Waals surface area contributed by atoms with Crippen LogP contribution in [0.3, 0.4) is 0 Å². The first-order chi connectivity index (χ1) is 8.38. The molecule has 94 valence electrons. The Balaban J connectivity index is 2.27. The Hall–Kier alpha value is -1.10. The molecule has 0 bridgehead atoms. The summed E-state index contributed by atoms with van der Waals surface area (Å²) in [5, 5.41) is 15.6. The Morgan fingerprint density at radius 1 is 1.47 bits per heavy atom. The van der Waals surface area contributed by atoms with Gasteiger partial charge in [0, 0.05) is 20.2 Å². The van der Waals surface area contributed by atoms with Crippen LogP contribution >= 0.6 is 11.8 Å². The average molecular weight is 255 g/mol. The summed E-state index contributed by atoms with van der Waals surface area (Å²) in [5.74, 6) is 6.53. The Morgan fingerprint density at radius 2 is 2.35 bits per heavy atom. The van der Waals surface area contributed by atoms with E-state index in [9.17, 15) is 0 Å². The first-order valence-electron chi connectivity index (χ1n) is 5.36. The lowest BCUT2D eigenvalue weighted by molar-refractivity contribution is 0.199. The van der Waals surface area contributed by atoms with Gasteiger partial charge in [0.05, 0.1) is 18.9 Å². The molecule has 1 N–H and O–H groups in total. The fourth-order valence-electron chi connectivity index (χ4n) is 1.10. The lowest BCUT2D eigenvalue weighted by Crippen LogP contribution is -2.24. The molecule has 7 heteroatoms. The topological polar surface area (TPSA) is 64.9 Å². The fraction of sp³-hybridized carbons (Fsp3) is 0.700. The van der Waals surface area contributed by atoms with E-state index in [2.05, 4.69) is 32.7 Å². The van der Waals surface area contributed by atoms with Crippen LogP contribution in [0.25, 0.3) is 0 Å². The van der Waals surface area contributed by atoms with Crippen LogP contribution in [0, 0.1) is 11.8 Å². The SMILES string of the molecule is CC#CCSc1nnnn1CCNCCOC. The van der Waals surface area contributed by atoms with Crippen molar-refractivity contribution in [2.75, 3.05) is 32.6 Å². The third-order valence-electron chi connectivity index (χ3n) is 1.93. The molecule has 0 aromatic carbocycles. The van der Waals surface area contributed by atoms with E-state index in [0.717, 1.165) is 24.8 Å². The number of hydrogen-bond donors (Lipinski definition) is 1. The molecule has 0 saturated heterocycles. The zero-order valence-corrected chi connectivity index (χ0v) is 11.0. The van der Waals surface area contributed by atoms with Gasteiger partial charge in [-0.2, -0.15) is 0 Å². The van der Waals surface area contributed by atoms with Gasteiger partial charge < -0.3 is 10.1 Å². The van der Waals surface area contributed by atoms with Gasteiger partial charge in [-0.15, -0.1) is 11.0 Å². The monoisotopic (exact) mass is 255 g/mol. The molecule has 0 fully saturated rings. The lowest BCUT2D eigenvalue weighted by atomic mass is 10.6. The number of tetrazole rings is 1. The number of methoxy groups -OCH3 is 1. The van der Waals surface area contributed by atoms with Crippen LogP contribution < -0.4 is 5.32 Å². The van der Waals surface area contributed by atoms with E-state index in [0.29, 0.717) is 12.4 Å². The highest BCUT2D eigenvalue weighted by molar-refractivity contribution is 7.99. The highest BCUT2D eigenvalue weighted by Crippen LogP contribution is 2.11. The van der Waals surface area contributed by atoms with Gasteiger partial charge in [-0.25, -0.2) is 4.68 Å². The summed E-state index contributed by atoms with van der Waals surface area (Å²) >= 11 is 1.55. The second kappa shape index (κ2) is 8.98. The first kappa shape index (κ1) is 14.0. The molecule has 0 amide bonds. The van der Waals surface area contributed by atoms with Gasteiger partial charge in [-0.1, -0.05) is 17.7 Å². The molecule has 0 aliphatic heterocycles. The van der Waals surface area contributed by atoms with Gasteiger partial charge >= 0.3 is 0 Å². The molecule has 0 radical (unpaired) electrons. The van der Waals surface area contributed by atoms with Crippen molar-refractivity contribution in [3.8, 4) is 11.8 Å². The number of aromatic nitrogens is 4. The molecule has 0 unspecified atom stereocenters. The van der Waals surface area contributed by atoms with E-state index in [4.69, 9.17) is 4.74 Å². The number of ether oxygens (including phenoxy) is 1. The van der Waals surface area contributed by atoms with Crippen LogP contribution in [0.15, 0.2) is 5.16 Å². The Labute approximate surface area is 105 Å². The maximum atomic E-state index is 4.94. The van der Waals surface area contributed by atoms with Crippen molar-refractivity contribution < 1.29 is 4.74 Å². The summed E-state index contributed by atoms with van der Waals surface area (Å²) in [7, 11) is 1.69. The summed E-state index contributed by atoms with van der Waals surface area (Å²) in [6.45, 7) is 4.94. The molecular formula is C10H17N5OS. The van der Waals surface area contributed by atoms with Gasteiger partial charge in [0.15, 0.2) is 0 Å². The smallest absolute Gasteiger partial charge is 0.210 e. The molecule has 1 rings (SSSR count). The fourth-order valence-corrected chi connectivity index (χ4v) is 1.81. The maximum Gasteiger partial charge on any atom is 0.210 e. The van der Waals surface area contributed by atoms with E-state index in [1.165, 1.54) is 0 Å². The van der Waals surface area contributed by atoms with E-state index in [1.54, 1.807) is 23.6 Å². The number of nitrogens with one attached hydrogen (secondary N) is 1. The molecule has 0 saturated carbocycles. The minimum atomic E-state index is 0.712. The zero-order valence-electron chi connectivity index (χ0n) is 10.1. The third-order valence-corrected chi connectivity index (χ3v) is 2.77. The molecule has 1 heterocycles. The van der Waals surface area contributed by atoms with Crippen LogP contribution in [-0.4, -0.2) is 52.8 Å². The largest absolute Gasteiger partial charge is 0.383 e. The minimum absolute atomic E-state index is 0.712. The first-order valence-corrected chi connectivity index (χ1v) is 6.35. The van der Waals surface area contributed by atoms with Crippen molar-refractivity contribution in [3.63, 3.8) is 0 Å². The molecular weight excluding hydrogens is 238 g/mol. The Bertz CT molecular complexity index is 370. The number of thioether (sulfide) groups is 1. The minimum Gasteiger partial charge on any atom is -0.383 e. The standard InChI is InChI=1S/C10H17N5OS/c1-3-4-9-17-10-12-13-14-15(10)7-5-11-6-8-16-2/h11H,5-9H2,1-2H3. The van der Waals surface area contributed by atoms with Crippen molar-refractivity contribution in [1.82, 2.24) is 25.5 Å². The van der Waals surface area contributed by atoms with Crippen LogP contribution in [0.5, 0.6) is 0 Å². The maximum absolute atomic E-state index is 4.94. The second-order valence-corrected chi connectivity index (χ2v) is 4.09. The second-order valence-electron chi connectivity index (χ2n) is 3.14. The van der Waals surface area contributed by atoms with E-state index < -0.39 is 0 Å². The molecule has 1 aromatic rings. The number of nitrogens with zero attached hydrogens (tertiary/aromatic N) is 4. The summed E-state index contributed by atoms with van der Waals surface area (Å²) < 4.78 is 6.72. The van der Waals surface area contributed by atoms with Gasteiger partial charge in [0.25, 0.3) is 0 Å². The van der Waals surface area contributed by atoms with Crippen LogP contribution in [0.1, 0.15) is 6.92 Å². The molecule has 6 nitrogen and oxygen atoms in total. The molecule has 0 aliphatic rings. The zero-order chi connectivity index (χ0) is 12.3. The average Bonchev–Trinajstić information content (AvgIpc) is 2.77. The van der Waals surface area contributed by atoms with Crippen LogP contribution in [0.2, 0.25) is 0 Å². The van der Waals surface area contributed by atoms with Crippen LogP contribution in [0.4, 0.5) is 0 Å². The number of rotatable bonds is 8. The normalized spacial score (nSPS) is 10.0. The van der Waals surface area contributed by atoms with Gasteiger partial charge in [0.2, 0.25) is 5.16 Å². The lowest BCUT2D eigenvalue weighted by Gasteiger charge is -2.04. The van der Waals surface area contributed by atoms with Crippen molar-refractivity contribution in [2.45, 2.75) is 18.6 Å². The summed E-state index contributed by atoms with van der Waals surface area (Å²) in [6, 6.07) is 0. The van der Waals surface area contributed by atoms with Crippen molar-refractivity contribution >= 4 is 11.8 Å². The van der Waals surface area contributed by atoms with E-state index in [1.807, 2.05) is 6.92 Å².